The van der Waals surface area contributed by atoms with Crippen LogP contribution in [0, 0.1) is 0 Å². The Hall–Kier alpha value is -2.30. The number of hydrogen-bond donors (Lipinski definition) is 0. The summed E-state index contributed by atoms with van der Waals surface area (Å²) in [6.07, 6.45) is 0.770. The Kier molecular flexibility index (Phi) is 4.96. The maximum absolute atomic E-state index is 5.94. The van der Waals surface area contributed by atoms with Gasteiger partial charge in [-0.15, -0.1) is 10.2 Å². The van der Waals surface area contributed by atoms with Crippen molar-refractivity contribution in [2.75, 3.05) is 0 Å². The van der Waals surface area contributed by atoms with Gasteiger partial charge >= 0.3 is 0 Å². The summed E-state index contributed by atoms with van der Waals surface area (Å²) in [4.78, 5) is 0. The third-order valence-corrected chi connectivity index (χ3v) is 5.78. The zero-order valence-electron chi connectivity index (χ0n) is 14.4. The smallest absolute Gasteiger partial charge is 0.191 e. The Bertz CT molecular complexity index is 1040. The van der Waals surface area contributed by atoms with Gasteiger partial charge in [0.05, 0.1) is 0 Å². The molecule has 1 heterocycles. The number of thioether (sulfide) groups is 1. The van der Waals surface area contributed by atoms with Gasteiger partial charge < -0.3 is 4.57 Å². The van der Waals surface area contributed by atoms with Crippen LogP contribution in [-0.2, 0) is 19.2 Å². The highest BCUT2D eigenvalue weighted by molar-refractivity contribution is 7.98. The molecule has 130 valence electrons. The van der Waals surface area contributed by atoms with Crippen LogP contribution in [0.4, 0.5) is 0 Å². The van der Waals surface area contributed by atoms with E-state index in [2.05, 4.69) is 57.2 Å². The zero-order valence-corrected chi connectivity index (χ0v) is 16.0. The number of nitrogens with zero attached hydrogens (tertiary/aromatic N) is 3. The van der Waals surface area contributed by atoms with Gasteiger partial charge in [0, 0.05) is 24.2 Å². The van der Waals surface area contributed by atoms with Crippen molar-refractivity contribution in [1.29, 1.82) is 0 Å². The average Bonchev–Trinajstić information content (AvgIpc) is 3.01. The van der Waals surface area contributed by atoms with E-state index in [-0.39, 0.29) is 0 Å². The third kappa shape index (κ3) is 3.62. The Morgan fingerprint density at radius 1 is 0.923 bits per heavy atom. The summed E-state index contributed by atoms with van der Waals surface area (Å²) < 4.78 is 2.09. The van der Waals surface area contributed by atoms with Crippen LogP contribution >= 0.6 is 23.4 Å². The number of halogens is 1. The Morgan fingerprint density at radius 3 is 2.54 bits per heavy atom. The largest absolute Gasteiger partial charge is 0.309 e. The number of rotatable bonds is 5. The van der Waals surface area contributed by atoms with Crippen molar-refractivity contribution in [3.05, 3.63) is 88.7 Å². The van der Waals surface area contributed by atoms with Crippen molar-refractivity contribution >= 4 is 34.1 Å². The standard InChI is InChI=1S/C21H18ClN3S/c1-25-20(13-17-7-4-6-16-5-2-3-8-19(16)17)23-24-21(25)26-14-15-9-11-18(22)12-10-15/h2-12H,13-14H2,1H3. The molecule has 0 N–H and O–H groups in total. The third-order valence-electron chi connectivity index (χ3n) is 4.43. The van der Waals surface area contributed by atoms with E-state index in [0.29, 0.717) is 0 Å². The highest BCUT2D eigenvalue weighted by atomic mass is 35.5. The van der Waals surface area contributed by atoms with Crippen molar-refractivity contribution < 1.29 is 0 Å². The molecular weight excluding hydrogens is 362 g/mol. The molecule has 0 fully saturated rings. The molecule has 3 aromatic carbocycles. The van der Waals surface area contributed by atoms with Gasteiger partial charge in [0.2, 0.25) is 0 Å². The van der Waals surface area contributed by atoms with Gasteiger partial charge in [-0.1, -0.05) is 78.0 Å². The molecule has 1 aromatic heterocycles. The van der Waals surface area contributed by atoms with Crippen LogP contribution in [-0.4, -0.2) is 14.8 Å². The molecule has 4 aromatic rings. The minimum Gasteiger partial charge on any atom is -0.309 e. The second-order valence-corrected chi connectivity index (χ2v) is 7.57. The van der Waals surface area contributed by atoms with E-state index in [4.69, 9.17) is 11.6 Å². The molecule has 0 saturated carbocycles. The lowest BCUT2D eigenvalue weighted by atomic mass is 10.0. The van der Waals surface area contributed by atoms with Crippen LogP contribution in [0.15, 0.2) is 71.9 Å². The van der Waals surface area contributed by atoms with Crippen molar-refractivity contribution in [2.24, 2.45) is 7.05 Å². The average molecular weight is 380 g/mol. The molecule has 5 heteroatoms. The lowest BCUT2D eigenvalue weighted by Gasteiger charge is -2.07. The maximum atomic E-state index is 5.94. The summed E-state index contributed by atoms with van der Waals surface area (Å²) in [6.45, 7) is 0. The molecule has 0 unspecified atom stereocenters. The summed E-state index contributed by atoms with van der Waals surface area (Å²) in [7, 11) is 2.03. The van der Waals surface area contributed by atoms with E-state index < -0.39 is 0 Å². The van der Waals surface area contributed by atoms with Crippen LogP contribution in [0.25, 0.3) is 10.8 Å². The number of benzene rings is 3. The Labute approximate surface area is 162 Å². The van der Waals surface area contributed by atoms with Crippen LogP contribution in [0.1, 0.15) is 17.0 Å². The molecule has 0 aliphatic heterocycles. The van der Waals surface area contributed by atoms with Gasteiger partial charge in [-0.25, -0.2) is 0 Å². The van der Waals surface area contributed by atoms with E-state index in [0.717, 1.165) is 28.2 Å². The van der Waals surface area contributed by atoms with Crippen molar-refractivity contribution in [3.8, 4) is 0 Å². The molecule has 0 aliphatic rings. The van der Waals surface area contributed by atoms with Gasteiger partial charge in [0.15, 0.2) is 5.16 Å². The van der Waals surface area contributed by atoms with E-state index in [1.807, 2.05) is 31.3 Å². The van der Waals surface area contributed by atoms with Crippen molar-refractivity contribution in [2.45, 2.75) is 17.3 Å². The lowest BCUT2D eigenvalue weighted by Crippen LogP contribution is -2.01. The first-order valence-corrected chi connectivity index (χ1v) is 9.79. The fourth-order valence-corrected chi connectivity index (χ4v) is 3.98. The fraction of sp³-hybridized carbons (Fsp3) is 0.143. The molecule has 0 saturated heterocycles. The monoisotopic (exact) mass is 379 g/mol. The van der Waals surface area contributed by atoms with Crippen molar-refractivity contribution in [3.63, 3.8) is 0 Å². The molecule has 3 nitrogen and oxygen atoms in total. The van der Waals surface area contributed by atoms with Crippen LogP contribution in [0.5, 0.6) is 0 Å². The van der Waals surface area contributed by atoms with Gasteiger partial charge in [-0.05, 0) is 34.0 Å². The zero-order chi connectivity index (χ0) is 17.9. The molecule has 0 aliphatic carbocycles. The Morgan fingerprint density at radius 2 is 1.69 bits per heavy atom. The molecule has 0 bridgehead atoms. The van der Waals surface area contributed by atoms with Crippen LogP contribution < -0.4 is 0 Å². The van der Waals surface area contributed by atoms with E-state index in [1.54, 1.807) is 11.8 Å². The Balaban J connectivity index is 1.52. The second-order valence-electron chi connectivity index (χ2n) is 6.19. The SMILES string of the molecule is Cn1c(Cc2cccc3ccccc23)nnc1SCc1ccc(Cl)cc1. The summed E-state index contributed by atoms with van der Waals surface area (Å²) in [5, 5.41) is 13.0. The topological polar surface area (TPSA) is 30.7 Å². The molecular formula is C21H18ClN3S. The van der Waals surface area contributed by atoms with Gasteiger partial charge in [0.25, 0.3) is 0 Å². The van der Waals surface area contributed by atoms with Gasteiger partial charge in [-0.2, -0.15) is 0 Å². The van der Waals surface area contributed by atoms with Gasteiger partial charge in [-0.3, -0.25) is 0 Å². The minimum absolute atomic E-state index is 0.759. The first kappa shape index (κ1) is 17.1. The quantitative estimate of drug-likeness (QED) is 0.428. The first-order valence-electron chi connectivity index (χ1n) is 8.43. The van der Waals surface area contributed by atoms with Gasteiger partial charge in [0.1, 0.15) is 5.82 Å². The summed E-state index contributed by atoms with van der Waals surface area (Å²) in [6, 6.07) is 22.8. The molecule has 0 radical (unpaired) electrons. The highest BCUT2D eigenvalue weighted by Gasteiger charge is 2.11. The first-order chi connectivity index (χ1) is 12.7. The summed E-state index contributed by atoms with van der Waals surface area (Å²) >= 11 is 7.63. The summed E-state index contributed by atoms with van der Waals surface area (Å²) in [5.41, 5.74) is 2.49. The minimum atomic E-state index is 0.759. The second kappa shape index (κ2) is 7.52. The van der Waals surface area contributed by atoms with E-state index >= 15 is 0 Å². The highest BCUT2D eigenvalue weighted by Crippen LogP contribution is 2.24. The molecule has 0 atom stereocenters. The van der Waals surface area contributed by atoms with Crippen LogP contribution in [0.3, 0.4) is 0 Å². The number of hydrogen-bond acceptors (Lipinski definition) is 3. The fourth-order valence-electron chi connectivity index (χ4n) is 2.97. The summed E-state index contributed by atoms with van der Waals surface area (Å²) in [5.74, 6) is 1.82. The number of aromatic nitrogens is 3. The predicted molar refractivity (Wildman–Crippen MR) is 109 cm³/mol. The number of fused-ring (bicyclic) bond motifs is 1. The maximum Gasteiger partial charge on any atom is 0.191 e. The predicted octanol–water partition coefficient (Wildman–Crippen LogP) is 5.50. The van der Waals surface area contributed by atoms with E-state index in [1.165, 1.54) is 21.9 Å². The van der Waals surface area contributed by atoms with Crippen molar-refractivity contribution in [1.82, 2.24) is 14.8 Å². The normalized spacial score (nSPS) is 11.2. The molecule has 0 spiro atoms. The lowest BCUT2D eigenvalue weighted by molar-refractivity contribution is 0.750. The molecule has 4 rings (SSSR count). The van der Waals surface area contributed by atoms with E-state index in [9.17, 15) is 0 Å². The molecule has 26 heavy (non-hydrogen) atoms. The van der Waals surface area contributed by atoms with Crippen LogP contribution in [0.2, 0.25) is 5.02 Å². The molecule has 0 amide bonds.